The Balaban J connectivity index is 1.23. The van der Waals surface area contributed by atoms with Crippen LogP contribution in [0, 0.1) is 6.92 Å². The van der Waals surface area contributed by atoms with Crippen molar-refractivity contribution in [2.45, 2.75) is 12.1 Å². The van der Waals surface area contributed by atoms with Crippen LogP contribution in [-0.2, 0) is 11.8 Å². The van der Waals surface area contributed by atoms with Crippen molar-refractivity contribution in [1.29, 1.82) is 0 Å². The molecule has 4 aromatic rings. The quantitative estimate of drug-likeness (QED) is 0.421. The van der Waals surface area contributed by atoms with E-state index in [0.29, 0.717) is 24.0 Å². The average Bonchev–Trinajstić information content (AvgIpc) is 3.13. The van der Waals surface area contributed by atoms with Crippen LogP contribution in [0.3, 0.4) is 0 Å². The summed E-state index contributed by atoms with van der Waals surface area (Å²) in [7, 11) is 3.67. The highest BCUT2D eigenvalue weighted by atomic mass is 32.2. The number of rotatable bonds is 5. The van der Waals surface area contributed by atoms with E-state index in [2.05, 4.69) is 51.3 Å². The van der Waals surface area contributed by atoms with Crippen LogP contribution in [0.25, 0.3) is 22.1 Å². The smallest absolute Gasteiger partial charge is 0.233 e. The number of methoxy groups -OCH3 is 1. The monoisotopic (exact) mass is 462 g/mol. The number of benzene rings is 2. The number of fused-ring (bicyclic) bond motifs is 3. The number of aryl methyl sites for hydroxylation is 2. The van der Waals surface area contributed by atoms with E-state index in [1.165, 1.54) is 17.3 Å². The first kappa shape index (κ1) is 21.5. The molecule has 170 valence electrons. The molecule has 1 saturated heterocycles. The highest BCUT2D eigenvalue weighted by Crippen LogP contribution is 2.29. The molecule has 0 spiro atoms. The van der Waals surface area contributed by atoms with Gasteiger partial charge < -0.3 is 19.1 Å². The second kappa shape index (κ2) is 8.90. The zero-order valence-electron chi connectivity index (χ0n) is 19.0. The Kier molecular flexibility index (Phi) is 5.80. The van der Waals surface area contributed by atoms with Crippen LogP contribution >= 0.6 is 11.8 Å². The summed E-state index contributed by atoms with van der Waals surface area (Å²) < 4.78 is 7.51. The molecule has 0 aliphatic carbocycles. The molecule has 0 radical (unpaired) electrons. The molecule has 8 nitrogen and oxygen atoms in total. The molecule has 2 aromatic heterocycles. The number of amides is 1. The van der Waals surface area contributed by atoms with E-state index in [9.17, 15) is 4.79 Å². The molecule has 1 aliphatic heterocycles. The number of hydrogen-bond acceptors (Lipinski definition) is 7. The van der Waals surface area contributed by atoms with Gasteiger partial charge in [-0.2, -0.15) is 0 Å². The van der Waals surface area contributed by atoms with Crippen LogP contribution in [0.4, 0.5) is 5.69 Å². The second-order valence-corrected chi connectivity index (χ2v) is 9.12. The lowest BCUT2D eigenvalue weighted by molar-refractivity contribution is -0.128. The maximum atomic E-state index is 12.8. The minimum atomic E-state index is 0.0936. The lowest BCUT2D eigenvalue weighted by atomic mass is 10.2. The van der Waals surface area contributed by atoms with Gasteiger partial charge in [0, 0.05) is 38.6 Å². The van der Waals surface area contributed by atoms with Crippen molar-refractivity contribution in [1.82, 2.24) is 24.6 Å². The molecule has 0 N–H and O–H groups in total. The topological polar surface area (TPSA) is 76.4 Å². The Morgan fingerprint density at radius 2 is 1.88 bits per heavy atom. The molecule has 0 saturated carbocycles. The molecular formula is C24H26N6O2S. The van der Waals surface area contributed by atoms with E-state index in [-0.39, 0.29) is 5.91 Å². The molecule has 0 unspecified atom stereocenters. The first-order valence-electron chi connectivity index (χ1n) is 10.9. The van der Waals surface area contributed by atoms with Crippen LogP contribution in [0.15, 0.2) is 47.6 Å². The van der Waals surface area contributed by atoms with Crippen LogP contribution in [-0.4, -0.2) is 69.6 Å². The lowest BCUT2D eigenvalue weighted by Crippen LogP contribution is -2.49. The van der Waals surface area contributed by atoms with Crippen molar-refractivity contribution in [3.05, 3.63) is 48.0 Å². The summed E-state index contributed by atoms with van der Waals surface area (Å²) in [5.74, 6) is 1.25. The van der Waals surface area contributed by atoms with Gasteiger partial charge in [0.25, 0.3) is 0 Å². The van der Waals surface area contributed by atoms with Crippen molar-refractivity contribution >= 4 is 45.4 Å². The number of hydrogen-bond donors (Lipinski definition) is 0. The molecule has 5 rings (SSSR count). The number of anilines is 1. The Morgan fingerprint density at radius 1 is 1.09 bits per heavy atom. The number of carbonyl (C=O) groups is 1. The third-order valence-electron chi connectivity index (χ3n) is 6.12. The zero-order chi connectivity index (χ0) is 22.9. The minimum absolute atomic E-state index is 0.0936. The summed E-state index contributed by atoms with van der Waals surface area (Å²) in [4.78, 5) is 21.7. The third kappa shape index (κ3) is 4.08. The summed E-state index contributed by atoms with van der Waals surface area (Å²) >= 11 is 1.34. The van der Waals surface area contributed by atoms with Crippen molar-refractivity contribution < 1.29 is 9.53 Å². The fourth-order valence-corrected chi connectivity index (χ4v) is 5.01. The normalized spacial score (nSPS) is 14.3. The van der Waals surface area contributed by atoms with E-state index < -0.39 is 0 Å². The van der Waals surface area contributed by atoms with Gasteiger partial charge >= 0.3 is 0 Å². The van der Waals surface area contributed by atoms with Gasteiger partial charge in [-0.1, -0.05) is 35.5 Å². The van der Waals surface area contributed by atoms with Crippen molar-refractivity contribution in [2.75, 3.05) is 43.9 Å². The van der Waals surface area contributed by atoms with Crippen LogP contribution in [0.2, 0.25) is 0 Å². The van der Waals surface area contributed by atoms with Crippen molar-refractivity contribution in [3.63, 3.8) is 0 Å². The predicted molar refractivity (Wildman–Crippen MR) is 131 cm³/mol. The minimum Gasteiger partial charge on any atom is -0.495 e. The summed E-state index contributed by atoms with van der Waals surface area (Å²) in [5, 5.41) is 10.3. The highest BCUT2D eigenvalue weighted by Gasteiger charge is 2.23. The average molecular weight is 463 g/mol. The first-order chi connectivity index (χ1) is 16.0. The number of ether oxygens (including phenoxy) is 1. The number of carbonyl (C=O) groups excluding carboxylic acids is 1. The van der Waals surface area contributed by atoms with Gasteiger partial charge in [0.2, 0.25) is 11.1 Å². The largest absolute Gasteiger partial charge is 0.495 e. The van der Waals surface area contributed by atoms with Gasteiger partial charge in [0.15, 0.2) is 5.65 Å². The maximum Gasteiger partial charge on any atom is 0.233 e. The van der Waals surface area contributed by atoms with Crippen molar-refractivity contribution in [2.24, 2.45) is 7.05 Å². The van der Waals surface area contributed by atoms with E-state index in [4.69, 9.17) is 4.74 Å². The fraction of sp³-hybridized carbons (Fsp3) is 0.333. The standard InChI is InChI=1S/C24H26N6O2S/c1-16-8-9-18-17(14-16)22-23(28(18)2)25-24(27-26-22)33-15-21(31)30-12-10-29(11-13-30)19-6-4-5-7-20(19)32-3/h4-9,14H,10-13,15H2,1-3H3. The van der Waals surface area contributed by atoms with Gasteiger partial charge in [-0.05, 0) is 31.2 Å². The van der Waals surface area contributed by atoms with Gasteiger partial charge in [-0.15, -0.1) is 10.2 Å². The predicted octanol–water partition coefficient (Wildman–Crippen LogP) is 3.27. The SMILES string of the molecule is COc1ccccc1N1CCN(C(=O)CSc2nnc3c4cc(C)ccc4n(C)c3n2)CC1. The third-order valence-corrected chi connectivity index (χ3v) is 6.94. The Hall–Kier alpha value is -3.33. The number of nitrogens with zero attached hydrogens (tertiary/aromatic N) is 6. The molecule has 2 aromatic carbocycles. The highest BCUT2D eigenvalue weighted by molar-refractivity contribution is 7.99. The summed E-state index contributed by atoms with van der Waals surface area (Å²) in [6.07, 6.45) is 0. The Labute approximate surface area is 196 Å². The molecule has 1 amide bonds. The first-order valence-corrected chi connectivity index (χ1v) is 11.9. The van der Waals surface area contributed by atoms with E-state index >= 15 is 0 Å². The summed E-state index contributed by atoms with van der Waals surface area (Å²) in [6, 6.07) is 14.3. The van der Waals surface area contributed by atoms with Gasteiger partial charge in [-0.3, -0.25) is 4.79 Å². The maximum absolute atomic E-state index is 12.8. The molecule has 9 heteroatoms. The molecule has 3 heterocycles. The fourth-order valence-electron chi connectivity index (χ4n) is 4.32. The van der Waals surface area contributed by atoms with E-state index in [1.54, 1.807) is 7.11 Å². The van der Waals surface area contributed by atoms with E-state index in [1.807, 2.05) is 34.7 Å². The number of thioether (sulfide) groups is 1. The summed E-state index contributed by atoms with van der Waals surface area (Å²) in [6.45, 7) is 4.97. The number of para-hydroxylation sites is 2. The molecular weight excluding hydrogens is 436 g/mol. The number of aromatic nitrogens is 4. The van der Waals surface area contributed by atoms with Gasteiger partial charge in [0.1, 0.15) is 11.3 Å². The molecule has 0 atom stereocenters. The molecule has 0 bridgehead atoms. The van der Waals surface area contributed by atoms with Gasteiger partial charge in [-0.25, -0.2) is 4.98 Å². The Morgan fingerprint density at radius 3 is 2.67 bits per heavy atom. The van der Waals surface area contributed by atoms with Crippen LogP contribution < -0.4 is 9.64 Å². The van der Waals surface area contributed by atoms with E-state index in [0.717, 1.165) is 46.6 Å². The van der Waals surface area contributed by atoms with Gasteiger partial charge in [0.05, 0.1) is 24.1 Å². The second-order valence-electron chi connectivity index (χ2n) is 8.17. The molecule has 1 fully saturated rings. The van der Waals surface area contributed by atoms with Crippen molar-refractivity contribution in [3.8, 4) is 5.75 Å². The zero-order valence-corrected chi connectivity index (χ0v) is 19.8. The molecule has 1 aliphatic rings. The summed E-state index contributed by atoms with van der Waals surface area (Å²) in [5.41, 5.74) is 4.89. The van der Waals surface area contributed by atoms with Crippen LogP contribution in [0.1, 0.15) is 5.56 Å². The van der Waals surface area contributed by atoms with Crippen LogP contribution in [0.5, 0.6) is 5.75 Å². The molecule has 33 heavy (non-hydrogen) atoms. The Bertz CT molecular complexity index is 1330. The number of piperazine rings is 1. The lowest BCUT2D eigenvalue weighted by Gasteiger charge is -2.36.